The summed E-state index contributed by atoms with van der Waals surface area (Å²) in [5.74, 6) is -1.83. The van der Waals surface area contributed by atoms with Crippen LogP contribution < -0.4 is 0 Å². The molecule has 0 aliphatic carbocycles. The number of nitrogens with zero attached hydrogens (tertiary/aromatic N) is 1. The van der Waals surface area contributed by atoms with Crippen LogP contribution in [0.5, 0.6) is 0 Å². The van der Waals surface area contributed by atoms with Crippen molar-refractivity contribution in [2.24, 2.45) is 0 Å². The van der Waals surface area contributed by atoms with Crippen molar-refractivity contribution in [2.75, 3.05) is 12.3 Å². The second kappa shape index (κ2) is 4.66. The first kappa shape index (κ1) is 13.0. The lowest BCUT2D eigenvalue weighted by molar-refractivity contribution is 0.0696. The highest BCUT2D eigenvalue weighted by Crippen LogP contribution is 2.19. The molecule has 1 aromatic carbocycles. The average molecular weight is 273 g/mol. The molecular formula is C11H12FNO4S. The molecule has 0 unspecified atom stereocenters. The summed E-state index contributed by atoms with van der Waals surface area (Å²) in [6.45, 7) is 0.330. The van der Waals surface area contributed by atoms with Gasteiger partial charge in [-0.1, -0.05) is 6.07 Å². The molecule has 0 bridgehead atoms. The van der Waals surface area contributed by atoms with Gasteiger partial charge < -0.3 is 5.11 Å². The first-order chi connectivity index (χ1) is 8.40. The largest absolute Gasteiger partial charge is 0.478 e. The number of halogens is 1. The van der Waals surface area contributed by atoms with E-state index in [4.69, 9.17) is 5.11 Å². The van der Waals surface area contributed by atoms with Crippen LogP contribution in [0.15, 0.2) is 18.2 Å². The molecule has 7 heteroatoms. The molecule has 1 fully saturated rings. The van der Waals surface area contributed by atoms with Crippen molar-refractivity contribution in [3.63, 3.8) is 0 Å². The zero-order chi connectivity index (χ0) is 13.3. The van der Waals surface area contributed by atoms with Crippen LogP contribution in [0.3, 0.4) is 0 Å². The van der Waals surface area contributed by atoms with Gasteiger partial charge >= 0.3 is 5.97 Å². The molecule has 0 spiro atoms. The lowest BCUT2D eigenvalue weighted by atomic mass is 10.1. The number of carbonyl (C=O) groups is 1. The van der Waals surface area contributed by atoms with Crippen LogP contribution in [-0.4, -0.2) is 36.1 Å². The fourth-order valence-corrected chi connectivity index (χ4v) is 3.36. The quantitative estimate of drug-likeness (QED) is 0.893. The highest BCUT2D eigenvalue weighted by molar-refractivity contribution is 7.89. The first-order valence-corrected chi connectivity index (χ1v) is 7.00. The van der Waals surface area contributed by atoms with E-state index >= 15 is 0 Å². The van der Waals surface area contributed by atoms with E-state index in [2.05, 4.69) is 0 Å². The van der Waals surface area contributed by atoms with Gasteiger partial charge in [-0.2, -0.15) is 4.31 Å². The van der Waals surface area contributed by atoms with Crippen LogP contribution in [0.4, 0.5) is 4.39 Å². The number of hydrogen-bond acceptors (Lipinski definition) is 3. The third kappa shape index (κ3) is 2.51. The van der Waals surface area contributed by atoms with Gasteiger partial charge in [0.25, 0.3) is 0 Å². The van der Waals surface area contributed by atoms with Crippen LogP contribution in [-0.2, 0) is 16.6 Å². The second-order valence-corrected chi connectivity index (χ2v) is 6.20. The Hall–Kier alpha value is -1.47. The molecule has 5 nitrogen and oxygen atoms in total. The number of carboxylic acids is 1. The number of sulfonamides is 1. The maximum absolute atomic E-state index is 13.6. The van der Waals surface area contributed by atoms with Gasteiger partial charge in [-0.25, -0.2) is 17.6 Å². The highest BCUT2D eigenvalue weighted by Gasteiger charge is 2.28. The Bertz CT molecular complexity index is 585. The lowest BCUT2D eigenvalue weighted by Gasteiger charge is -2.14. The molecule has 98 valence electrons. The van der Waals surface area contributed by atoms with E-state index in [-0.39, 0.29) is 23.4 Å². The Balaban J connectivity index is 2.23. The van der Waals surface area contributed by atoms with E-state index < -0.39 is 21.8 Å². The number of benzene rings is 1. The summed E-state index contributed by atoms with van der Waals surface area (Å²) in [5.41, 5.74) is 0.0333. The Morgan fingerprint density at radius 1 is 1.44 bits per heavy atom. The van der Waals surface area contributed by atoms with Gasteiger partial charge in [0.05, 0.1) is 11.3 Å². The molecular weight excluding hydrogens is 261 g/mol. The smallest absolute Gasteiger partial charge is 0.335 e. The summed E-state index contributed by atoms with van der Waals surface area (Å²) in [5, 5.41) is 8.69. The van der Waals surface area contributed by atoms with Gasteiger partial charge in [0.15, 0.2) is 0 Å². The van der Waals surface area contributed by atoms with Crippen molar-refractivity contribution < 1.29 is 22.7 Å². The Kier molecular flexibility index (Phi) is 3.36. The molecule has 0 amide bonds. The van der Waals surface area contributed by atoms with Crippen LogP contribution in [0.1, 0.15) is 22.3 Å². The van der Waals surface area contributed by atoms with Gasteiger partial charge in [0.1, 0.15) is 5.82 Å². The fourth-order valence-electron chi connectivity index (χ4n) is 1.87. The zero-order valence-electron chi connectivity index (χ0n) is 9.47. The fraction of sp³-hybridized carbons (Fsp3) is 0.364. The molecule has 0 saturated carbocycles. The van der Waals surface area contributed by atoms with Gasteiger partial charge in [0.2, 0.25) is 10.0 Å². The lowest BCUT2D eigenvalue weighted by Crippen LogP contribution is -2.25. The van der Waals surface area contributed by atoms with Crippen molar-refractivity contribution in [1.29, 1.82) is 0 Å². The van der Waals surface area contributed by atoms with Crippen molar-refractivity contribution >= 4 is 16.0 Å². The molecule has 1 aliphatic rings. The van der Waals surface area contributed by atoms with Crippen molar-refractivity contribution in [3.8, 4) is 0 Å². The number of carboxylic acid groups (broad SMARTS) is 1. The van der Waals surface area contributed by atoms with E-state index in [1.54, 1.807) is 0 Å². The van der Waals surface area contributed by atoms with E-state index in [1.165, 1.54) is 16.4 Å². The van der Waals surface area contributed by atoms with Gasteiger partial charge in [-0.3, -0.25) is 0 Å². The normalized spacial score (nSPS) is 18.9. The zero-order valence-corrected chi connectivity index (χ0v) is 10.3. The topological polar surface area (TPSA) is 74.7 Å². The van der Waals surface area contributed by atoms with E-state index in [0.717, 1.165) is 6.07 Å². The molecule has 0 radical (unpaired) electrons. The van der Waals surface area contributed by atoms with Crippen LogP contribution in [0.2, 0.25) is 0 Å². The molecule has 18 heavy (non-hydrogen) atoms. The molecule has 1 heterocycles. The number of aromatic carboxylic acids is 1. The van der Waals surface area contributed by atoms with Gasteiger partial charge in [0, 0.05) is 18.7 Å². The monoisotopic (exact) mass is 273 g/mol. The van der Waals surface area contributed by atoms with E-state index in [9.17, 15) is 17.6 Å². The minimum absolute atomic E-state index is 0.0476. The summed E-state index contributed by atoms with van der Waals surface area (Å²) in [7, 11) is -3.28. The Morgan fingerprint density at radius 2 is 2.17 bits per heavy atom. The van der Waals surface area contributed by atoms with Crippen molar-refractivity contribution in [3.05, 3.63) is 35.1 Å². The van der Waals surface area contributed by atoms with Crippen LogP contribution >= 0.6 is 0 Å². The summed E-state index contributed by atoms with van der Waals surface area (Å²) < 4.78 is 38.0. The molecule has 1 N–H and O–H groups in total. The first-order valence-electron chi connectivity index (χ1n) is 5.40. The third-order valence-corrected chi connectivity index (χ3v) is 4.75. The van der Waals surface area contributed by atoms with Gasteiger partial charge in [-0.15, -0.1) is 0 Å². The summed E-state index contributed by atoms with van der Waals surface area (Å²) in [6.07, 6.45) is 0.539. The van der Waals surface area contributed by atoms with Crippen molar-refractivity contribution in [1.82, 2.24) is 4.31 Å². The molecule has 0 atom stereocenters. The summed E-state index contributed by atoms with van der Waals surface area (Å²) >= 11 is 0. The SMILES string of the molecule is O=C(O)c1ccc(CN2CCCS2(=O)=O)c(F)c1. The Labute approximate surface area is 104 Å². The predicted octanol–water partition coefficient (Wildman–Crippen LogP) is 1.06. The second-order valence-electron chi connectivity index (χ2n) is 4.11. The number of hydrogen-bond donors (Lipinski definition) is 1. The van der Waals surface area contributed by atoms with Crippen LogP contribution in [0.25, 0.3) is 0 Å². The van der Waals surface area contributed by atoms with Crippen LogP contribution in [0, 0.1) is 5.82 Å². The molecule has 0 aromatic heterocycles. The summed E-state index contributed by atoms with van der Waals surface area (Å²) in [4.78, 5) is 10.6. The summed E-state index contributed by atoms with van der Waals surface area (Å²) in [6, 6.07) is 3.48. The minimum atomic E-state index is -3.28. The average Bonchev–Trinajstić information content (AvgIpc) is 2.61. The molecule has 2 rings (SSSR count). The maximum atomic E-state index is 13.6. The Morgan fingerprint density at radius 3 is 2.67 bits per heavy atom. The molecule has 1 aliphatic heterocycles. The maximum Gasteiger partial charge on any atom is 0.335 e. The molecule has 1 aromatic rings. The van der Waals surface area contributed by atoms with E-state index in [0.29, 0.717) is 13.0 Å². The van der Waals surface area contributed by atoms with Crippen molar-refractivity contribution in [2.45, 2.75) is 13.0 Å². The minimum Gasteiger partial charge on any atom is -0.478 e. The highest BCUT2D eigenvalue weighted by atomic mass is 32.2. The molecule has 1 saturated heterocycles. The number of rotatable bonds is 3. The van der Waals surface area contributed by atoms with E-state index in [1.807, 2.05) is 0 Å². The third-order valence-electron chi connectivity index (χ3n) is 2.85. The predicted molar refractivity (Wildman–Crippen MR) is 62.2 cm³/mol. The standard InChI is InChI=1S/C11H12FNO4S/c12-10-6-8(11(14)15)2-3-9(10)7-13-4-1-5-18(13,16)17/h2-3,6H,1,4-5,7H2,(H,14,15). The van der Waals surface area contributed by atoms with Gasteiger partial charge in [-0.05, 0) is 18.6 Å².